The molecule has 0 radical (unpaired) electrons. The van der Waals surface area contributed by atoms with Crippen LogP contribution in [0.5, 0.6) is 5.75 Å². The lowest BCUT2D eigenvalue weighted by Gasteiger charge is -2.06. The number of halogens is 1. The third-order valence-electron chi connectivity index (χ3n) is 2.11. The fourth-order valence-corrected chi connectivity index (χ4v) is 1.20. The molecule has 0 amide bonds. The Kier molecular flexibility index (Phi) is 7.61. The number of ether oxygens (including phenoxy) is 1. The second-order valence-electron chi connectivity index (χ2n) is 3.53. The molecule has 98 valence electrons. The number of rotatable bonds is 4. The molecule has 4 nitrogen and oxygen atoms in total. The Morgan fingerprint density at radius 2 is 2.06 bits per heavy atom. The molecule has 0 aliphatic rings. The van der Waals surface area contributed by atoms with Crippen LogP contribution in [-0.4, -0.2) is 17.1 Å². The normalized spacial score (nSPS) is 10.6. The highest BCUT2D eigenvalue weighted by atomic mass is 35.5. The molecule has 1 aromatic rings. The smallest absolute Gasteiger partial charge is 0.320 e. The van der Waals surface area contributed by atoms with E-state index in [1.807, 2.05) is 6.92 Å². The largest absolute Gasteiger partial charge is 0.480 e. The first-order valence-electron chi connectivity index (χ1n) is 5.35. The summed E-state index contributed by atoms with van der Waals surface area (Å²) in [6, 6.07) is 6.18. The average Bonchev–Trinajstić information content (AvgIpc) is 2.31. The SMILES string of the molecule is CCC#COc1ccc(CC(N)C(=O)O)cc1.Cl. The van der Waals surface area contributed by atoms with Gasteiger partial charge in [-0.05, 0) is 24.1 Å². The zero-order valence-corrected chi connectivity index (χ0v) is 10.9. The van der Waals surface area contributed by atoms with E-state index < -0.39 is 12.0 Å². The Hall–Kier alpha value is -1.70. The first-order valence-corrected chi connectivity index (χ1v) is 5.35. The van der Waals surface area contributed by atoms with E-state index in [0.29, 0.717) is 12.2 Å². The van der Waals surface area contributed by atoms with Gasteiger partial charge in [-0.3, -0.25) is 4.79 Å². The summed E-state index contributed by atoms with van der Waals surface area (Å²) < 4.78 is 5.15. The molecule has 1 unspecified atom stereocenters. The van der Waals surface area contributed by atoms with E-state index in [9.17, 15) is 4.79 Å². The number of hydrogen-bond acceptors (Lipinski definition) is 3. The van der Waals surface area contributed by atoms with E-state index >= 15 is 0 Å². The maximum atomic E-state index is 10.6. The standard InChI is InChI=1S/C13H15NO3.ClH/c1-2-3-8-17-11-6-4-10(5-7-11)9-12(14)13(15)16;/h4-7,12H,2,9,14H2,1H3,(H,15,16);1H. The van der Waals surface area contributed by atoms with E-state index in [4.69, 9.17) is 15.6 Å². The minimum absolute atomic E-state index is 0. The molecule has 0 heterocycles. The van der Waals surface area contributed by atoms with Crippen LogP contribution in [0, 0.1) is 12.0 Å². The monoisotopic (exact) mass is 269 g/mol. The fourth-order valence-electron chi connectivity index (χ4n) is 1.20. The Labute approximate surface area is 113 Å². The van der Waals surface area contributed by atoms with Gasteiger partial charge in [-0.15, -0.1) is 12.4 Å². The quantitative estimate of drug-likeness (QED) is 0.818. The van der Waals surface area contributed by atoms with E-state index in [0.717, 1.165) is 12.0 Å². The molecule has 0 bridgehead atoms. The van der Waals surface area contributed by atoms with E-state index in [2.05, 4.69) is 12.0 Å². The van der Waals surface area contributed by atoms with Crippen molar-refractivity contribution in [3.05, 3.63) is 29.8 Å². The zero-order valence-electron chi connectivity index (χ0n) is 10.1. The molecule has 1 rings (SSSR count). The van der Waals surface area contributed by atoms with Gasteiger partial charge in [-0.2, -0.15) is 0 Å². The van der Waals surface area contributed by atoms with Gasteiger partial charge in [0, 0.05) is 6.42 Å². The highest BCUT2D eigenvalue weighted by Gasteiger charge is 2.11. The highest BCUT2D eigenvalue weighted by molar-refractivity contribution is 5.85. The van der Waals surface area contributed by atoms with Gasteiger partial charge in [0.05, 0.1) is 0 Å². The molecule has 1 atom stereocenters. The Bertz CT molecular complexity index is 434. The summed E-state index contributed by atoms with van der Waals surface area (Å²) in [7, 11) is 0. The van der Waals surface area contributed by atoms with E-state index in [1.54, 1.807) is 24.3 Å². The summed E-state index contributed by atoms with van der Waals surface area (Å²) in [6.45, 7) is 1.94. The molecule has 0 spiro atoms. The van der Waals surface area contributed by atoms with Gasteiger partial charge in [-0.25, -0.2) is 0 Å². The van der Waals surface area contributed by atoms with Crippen LogP contribution in [0.2, 0.25) is 0 Å². The van der Waals surface area contributed by atoms with Gasteiger partial charge in [-0.1, -0.05) is 25.0 Å². The third kappa shape index (κ3) is 5.58. The lowest BCUT2D eigenvalue weighted by atomic mass is 10.1. The summed E-state index contributed by atoms with van der Waals surface area (Å²) in [5.41, 5.74) is 6.29. The summed E-state index contributed by atoms with van der Waals surface area (Å²) in [5.74, 6) is 2.43. The second-order valence-corrected chi connectivity index (χ2v) is 3.53. The maximum Gasteiger partial charge on any atom is 0.320 e. The summed E-state index contributed by atoms with van der Waals surface area (Å²) >= 11 is 0. The number of aliphatic carboxylic acids is 1. The first kappa shape index (κ1) is 16.3. The van der Waals surface area contributed by atoms with Gasteiger partial charge >= 0.3 is 5.97 Å². The predicted octanol–water partition coefficient (Wildman–Crippen LogP) is 1.81. The van der Waals surface area contributed by atoms with Crippen molar-refractivity contribution in [2.45, 2.75) is 25.8 Å². The third-order valence-corrected chi connectivity index (χ3v) is 2.11. The molecule has 0 aliphatic carbocycles. The van der Waals surface area contributed by atoms with Crippen LogP contribution < -0.4 is 10.5 Å². The molecule has 1 aromatic carbocycles. The average molecular weight is 270 g/mol. The van der Waals surface area contributed by atoms with Crippen LogP contribution in [0.3, 0.4) is 0 Å². The topological polar surface area (TPSA) is 72.5 Å². The number of carboxylic acid groups (broad SMARTS) is 1. The molecule has 0 saturated heterocycles. The number of carbonyl (C=O) groups is 1. The number of nitrogens with two attached hydrogens (primary N) is 1. The van der Waals surface area contributed by atoms with Gasteiger partial charge in [0.15, 0.2) is 0 Å². The predicted molar refractivity (Wildman–Crippen MR) is 71.7 cm³/mol. The van der Waals surface area contributed by atoms with Crippen molar-refractivity contribution in [1.82, 2.24) is 0 Å². The van der Waals surface area contributed by atoms with E-state index in [-0.39, 0.29) is 12.4 Å². The van der Waals surface area contributed by atoms with Crippen LogP contribution in [-0.2, 0) is 11.2 Å². The first-order chi connectivity index (χ1) is 8.13. The zero-order chi connectivity index (χ0) is 12.7. The minimum atomic E-state index is -1.00. The van der Waals surface area contributed by atoms with Gasteiger partial charge < -0.3 is 15.6 Å². The van der Waals surface area contributed by atoms with Crippen molar-refractivity contribution >= 4 is 18.4 Å². The van der Waals surface area contributed by atoms with Crippen molar-refractivity contribution in [1.29, 1.82) is 0 Å². The Balaban J connectivity index is 0.00000289. The molecule has 5 heteroatoms. The Morgan fingerprint density at radius 3 is 2.56 bits per heavy atom. The fraction of sp³-hybridized carbons (Fsp3) is 0.308. The summed E-state index contributed by atoms with van der Waals surface area (Å²) in [5, 5.41) is 8.67. The van der Waals surface area contributed by atoms with Gasteiger partial charge in [0.2, 0.25) is 0 Å². The van der Waals surface area contributed by atoms with Crippen molar-refractivity contribution in [2.75, 3.05) is 0 Å². The lowest BCUT2D eigenvalue weighted by molar-refractivity contribution is -0.138. The maximum absolute atomic E-state index is 10.6. The molecule has 0 saturated carbocycles. The van der Waals surface area contributed by atoms with Crippen LogP contribution in [0.15, 0.2) is 24.3 Å². The Morgan fingerprint density at radius 1 is 1.44 bits per heavy atom. The number of hydrogen-bond donors (Lipinski definition) is 2. The second kappa shape index (κ2) is 8.40. The van der Waals surface area contributed by atoms with E-state index in [1.165, 1.54) is 0 Å². The number of benzene rings is 1. The van der Waals surface area contributed by atoms with Crippen molar-refractivity contribution in [2.24, 2.45) is 5.73 Å². The summed E-state index contributed by atoms with van der Waals surface area (Å²) in [6.07, 6.45) is 3.60. The molecule has 0 aromatic heterocycles. The highest BCUT2D eigenvalue weighted by Crippen LogP contribution is 2.12. The molecule has 3 N–H and O–H groups in total. The van der Waals surface area contributed by atoms with Crippen LogP contribution in [0.4, 0.5) is 0 Å². The lowest BCUT2D eigenvalue weighted by Crippen LogP contribution is -2.32. The van der Waals surface area contributed by atoms with Gasteiger partial charge in [0.25, 0.3) is 0 Å². The minimum Gasteiger partial charge on any atom is -0.480 e. The number of carboxylic acids is 1. The van der Waals surface area contributed by atoms with Crippen LogP contribution in [0.25, 0.3) is 0 Å². The molecular formula is C13H16ClNO3. The van der Waals surface area contributed by atoms with Crippen LogP contribution in [0.1, 0.15) is 18.9 Å². The van der Waals surface area contributed by atoms with Crippen LogP contribution >= 0.6 is 12.4 Å². The molecule has 0 fully saturated rings. The van der Waals surface area contributed by atoms with Crippen molar-refractivity contribution in [3.63, 3.8) is 0 Å². The van der Waals surface area contributed by atoms with Crippen molar-refractivity contribution in [3.8, 4) is 17.8 Å². The molecule has 0 aliphatic heterocycles. The van der Waals surface area contributed by atoms with Gasteiger partial charge in [0.1, 0.15) is 17.9 Å². The summed E-state index contributed by atoms with van der Waals surface area (Å²) in [4.78, 5) is 10.6. The molecular weight excluding hydrogens is 254 g/mol. The van der Waals surface area contributed by atoms with Crippen molar-refractivity contribution < 1.29 is 14.6 Å². The molecule has 18 heavy (non-hydrogen) atoms.